The summed E-state index contributed by atoms with van der Waals surface area (Å²) in [6.07, 6.45) is 0. The predicted octanol–water partition coefficient (Wildman–Crippen LogP) is 0.395. The van der Waals surface area contributed by atoms with E-state index in [2.05, 4.69) is 11.3 Å². The van der Waals surface area contributed by atoms with Crippen molar-refractivity contribution in [2.75, 3.05) is 7.11 Å². The molecule has 13 heavy (non-hydrogen) atoms. The zero-order valence-corrected chi connectivity index (χ0v) is 7.79. The minimum atomic E-state index is -0.833. The second kappa shape index (κ2) is 7.02. The number of carbonyl (C=O) groups excluding carboxylic acids is 2. The Morgan fingerprint density at radius 1 is 1.23 bits per heavy atom. The number of carboxylic acids is 1. The fourth-order valence-electron chi connectivity index (χ4n) is 0.267. The van der Waals surface area contributed by atoms with Crippen molar-refractivity contribution in [1.29, 1.82) is 0 Å². The van der Waals surface area contributed by atoms with Crippen LogP contribution in [0, 0.1) is 0 Å². The molecule has 0 aliphatic rings. The lowest BCUT2D eigenvalue weighted by molar-refractivity contribution is -0.137. The van der Waals surface area contributed by atoms with Crippen molar-refractivity contribution in [3.63, 3.8) is 0 Å². The van der Waals surface area contributed by atoms with E-state index in [0.717, 1.165) is 6.92 Å². The molecule has 5 heteroatoms. The third-order valence-electron chi connectivity index (χ3n) is 0.857. The van der Waals surface area contributed by atoms with Crippen LogP contribution in [0.25, 0.3) is 0 Å². The van der Waals surface area contributed by atoms with Crippen molar-refractivity contribution in [1.82, 2.24) is 0 Å². The maximum Gasteiger partial charge on any atom is 0.340 e. The van der Waals surface area contributed by atoms with Crippen molar-refractivity contribution in [3.05, 3.63) is 12.2 Å². The molecule has 0 radical (unpaired) electrons. The van der Waals surface area contributed by atoms with Gasteiger partial charge in [-0.3, -0.25) is 9.59 Å². The first-order valence-corrected chi connectivity index (χ1v) is 3.30. The van der Waals surface area contributed by atoms with Gasteiger partial charge in [-0.25, -0.2) is 4.79 Å². The number of rotatable bonds is 2. The summed E-state index contributed by atoms with van der Waals surface area (Å²) in [5, 5.41) is 7.42. The molecule has 0 amide bonds. The molecular weight excluding hydrogens is 176 g/mol. The van der Waals surface area contributed by atoms with E-state index in [9.17, 15) is 9.59 Å². The maximum absolute atomic E-state index is 10.4. The Kier molecular flexibility index (Phi) is 7.51. The number of hydrogen-bond donors (Lipinski definition) is 1. The van der Waals surface area contributed by atoms with Gasteiger partial charge in [0.2, 0.25) is 0 Å². The summed E-state index contributed by atoms with van der Waals surface area (Å²) in [4.78, 5) is 29.8. The lowest BCUT2D eigenvalue weighted by Crippen LogP contribution is -2.09. The predicted molar refractivity (Wildman–Crippen MR) is 45.1 cm³/mol. The SMILES string of the molecule is C=C(C(C)=O)C(=O)OC.CC(=O)O. The molecule has 0 unspecified atom stereocenters. The molecule has 0 aromatic heterocycles. The Bertz CT molecular complexity index is 225. The van der Waals surface area contributed by atoms with Crippen LogP contribution in [-0.2, 0) is 19.1 Å². The van der Waals surface area contributed by atoms with Gasteiger partial charge in [-0.15, -0.1) is 0 Å². The maximum atomic E-state index is 10.4. The van der Waals surface area contributed by atoms with Crippen molar-refractivity contribution in [2.45, 2.75) is 13.8 Å². The Morgan fingerprint density at radius 3 is 1.62 bits per heavy atom. The average Bonchev–Trinajstić information content (AvgIpc) is 2.00. The summed E-state index contributed by atoms with van der Waals surface area (Å²) in [7, 11) is 1.20. The van der Waals surface area contributed by atoms with Gasteiger partial charge in [0.15, 0.2) is 5.78 Å². The monoisotopic (exact) mass is 188 g/mol. The van der Waals surface area contributed by atoms with Crippen LogP contribution in [0.15, 0.2) is 12.2 Å². The molecule has 0 rings (SSSR count). The van der Waals surface area contributed by atoms with Gasteiger partial charge in [0, 0.05) is 6.92 Å². The van der Waals surface area contributed by atoms with Gasteiger partial charge in [0.05, 0.1) is 12.7 Å². The van der Waals surface area contributed by atoms with Crippen LogP contribution >= 0.6 is 0 Å². The number of carbonyl (C=O) groups is 3. The number of carboxylic acid groups (broad SMARTS) is 1. The largest absolute Gasteiger partial charge is 0.481 e. The highest BCUT2D eigenvalue weighted by Crippen LogP contribution is 1.93. The van der Waals surface area contributed by atoms with E-state index in [1.165, 1.54) is 14.0 Å². The number of ether oxygens (including phenoxy) is 1. The Balaban J connectivity index is 0. The topological polar surface area (TPSA) is 80.7 Å². The molecule has 1 N–H and O–H groups in total. The lowest BCUT2D eigenvalue weighted by Gasteiger charge is -1.95. The van der Waals surface area contributed by atoms with E-state index in [4.69, 9.17) is 9.90 Å². The highest BCUT2D eigenvalue weighted by atomic mass is 16.5. The second-order valence-corrected chi connectivity index (χ2v) is 2.05. The van der Waals surface area contributed by atoms with Crippen molar-refractivity contribution >= 4 is 17.7 Å². The normalized spacial score (nSPS) is 7.62. The van der Waals surface area contributed by atoms with Crippen LogP contribution in [-0.4, -0.2) is 29.9 Å². The van der Waals surface area contributed by atoms with E-state index in [1.54, 1.807) is 0 Å². The minimum Gasteiger partial charge on any atom is -0.481 e. The summed E-state index contributed by atoms with van der Waals surface area (Å²) in [6.45, 7) is 5.55. The zero-order valence-electron chi connectivity index (χ0n) is 7.79. The molecule has 0 fully saturated rings. The Morgan fingerprint density at radius 2 is 1.54 bits per heavy atom. The van der Waals surface area contributed by atoms with E-state index in [-0.39, 0.29) is 11.4 Å². The first-order chi connectivity index (χ1) is 5.82. The number of Topliss-reactive ketones (excluding diaryl/α,β-unsaturated/α-hetero) is 1. The van der Waals surface area contributed by atoms with Gasteiger partial charge in [-0.05, 0) is 6.92 Å². The highest BCUT2D eigenvalue weighted by molar-refractivity contribution is 6.15. The van der Waals surface area contributed by atoms with E-state index in [0.29, 0.717) is 0 Å². The molecule has 74 valence electrons. The van der Waals surface area contributed by atoms with Crippen LogP contribution < -0.4 is 0 Å². The molecule has 0 aliphatic carbocycles. The molecule has 0 saturated heterocycles. The molecule has 0 spiro atoms. The van der Waals surface area contributed by atoms with Crippen LogP contribution in [0.3, 0.4) is 0 Å². The number of esters is 1. The second-order valence-electron chi connectivity index (χ2n) is 2.05. The number of ketones is 1. The van der Waals surface area contributed by atoms with Gasteiger partial charge in [-0.1, -0.05) is 6.58 Å². The van der Waals surface area contributed by atoms with Crippen molar-refractivity contribution < 1.29 is 24.2 Å². The first kappa shape index (κ1) is 13.9. The van der Waals surface area contributed by atoms with Crippen LogP contribution in [0.1, 0.15) is 13.8 Å². The van der Waals surface area contributed by atoms with Gasteiger partial charge in [-0.2, -0.15) is 0 Å². The summed E-state index contributed by atoms with van der Waals surface area (Å²) < 4.78 is 4.21. The van der Waals surface area contributed by atoms with Gasteiger partial charge < -0.3 is 9.84 Å². The lowest BCUT2D eigenvalue weighted by atomic mass is 10.2. The zero-order chi connectivity index (χ0) is 11.0. The highest BCUT2D eigenvalue weighted by Gasteiger charge is 2.09. The van der Waals surface area contributed by atoms with E-state index in [1.807, 2.05) is 0 Å². The molecule has 0 aromatic rings. The third-order valence-corrected chi connectivity index (χ3v) is 0.857. The smallest absolute Gasteiger partial charge is 0.340 e. The Hall–Kier alpha value is -1.65. The Labute approximate surface area is 76.0 Å². The van der Waals surface area contributed by atoms with Crippen LogP contribution in [0.5, 0.6) is 0 Å². The molecule has 0 heterocycles. The minimum absolute atomic E-state index is 0.113. The first-order valence-electron chi connectivity index (χ1n) is 3.30. The van der Waals surface area contributed by atoms with Gasteiger partial charge >= 0.3 is 5.97 Å². The molecule has 0 aromatic carbocycles. The fraction of sp³-hybridized carbons (Fsp3) is 0.375. The molecule has 5 nitrogen and oxygen atoms in total. The van der Waals surface area contributed by atoms with Crippen molar-refractivity contribution in [3.8, 4) is 0 Å². The standard InChI is InChI=1S/C6H8O3.C2H4O2/c1-4(5(2)7)6(8)9-3;1-2(3)4/h1H2,2-3H3;1H3,(H,3,4). The summed E-state index contributed by atoms with van der Waals surface area (Å²) >= 11 is 0. The quantitative estimate of drug-likeness (QED) is 0.293. The molecule has 0 saturated carbocycles. The molecule has 0 bridgehead atoms. The third kappa shape index (κ3) is 10.4. The van der Waals surface area contributed by atoms with E-state index >= 15 is 0 Å². The number of aliphatic carboxylic acids is 1. The summed E-state index contributed by atoms with van der Waals surface area (Å²) in [5.74, 6) is -1.86. The van der Waals surface area contributed by atoms with Crippen molar-refractivity contribution in [2.24, 2.45) is 0 Å². The average molecular weight is 188 g/mol. The number of methoxy groups -OCH3 is 1. The van der Waals surface area contributed by atoms with E-state index < -0.39 is 11.9 Å². The van der Waals surface area contributed by atoms with Gasteiger partial charge in [0.25, 0.3) is 5.97 Å². The van der Waals surface area contributed by atoms with Crippen LogP contribution in [0.4, 0.5) is 0 Å². The molecular formula is C8H12O5. The molecule has 0 atom stereocenters. The summed E-state index contributed by atoms with van der Waals surface area (Å²) in [5.41, 5.74) is -0.113. The number of hydrogen-bond acceptors (Lipinski definition) is 4. The fourth-order valence-corrected chi connectivity index (χ4v) is 0.267. The van der Waals surface area contributed by atoms with Crippen LogP contribution in [0.2, 0.25) is 0 Å². The molecule has 0 aliphatic heterocycles. The van der Waals surface area contributed by atoms with Gasteiger partial charge in [0.1, 0.15) is 0 Å². The summed E-state index contributed by atoms with van der Waals surface area (Å²) in [6, 6.07) is 0.